The van der Waals surface area contributed by atoms with Crippen molar-refractivity contribution in [1.82, 2.24) is 5.32 Å². The quantitative estimate of drug-likeness (QED) is 0.835. The summed E-state index contributed by atoms with van der Waals surface area (Å²) in [6, 6.07) is 5.51. The van der Waals surface area contributed by atoms with Crippen molar-refractivity contribution in [2.24, 2.45) is 0 Å². The maximum absolute atomic E-state index is 13.3. The van der Waals surface area contributed by atoms with Crippen LogP contribution in [0.5, 0.6) is 0 Å². The second kappa shape index (κ2) is 5.79. The molecule has 0 aliphatic heterocycles. The minimum atomic E-state index is -5.35. The van der Waals surface area contributed by atoms with Crippen LogP contribution in [-0.2, 0) is 0 Å². The van der Waals surface area contributed by atoms with Crippen LogP contribution in [0, 0.1) is 11.3 Å². The van der Waals surface area contributed by atoms with E-state index < -0.39 is 23.7 Å². The first kappa shape index (κ1) is 17.7. The Balaban J connectivity index is 2.91. The standard InChI is InChI=1S/C13H12F5N3O/c1-11(12(2,14)15,13(16,17)18)21-10(22)20-9-5-3-8(7-19)4-6-9/h3-6H,1-2H3,(H2,20,21,22). The van der Waals surface area contributed by atoms with E-state index >= 15 is 0 Å². The number of nitrogens with one attached hydrogen (secondary N) is 2. The largest absolute Gasteiger partial charge is 0.417 e. The molecule has 2 N–H and O–H groups in total. The fraction of sp³-hybridized carbons (Fsp3) is 0.385. The van der Waals surface area contributed by atoms with Crippen LogP contribution in [0.15, 0.2) is 24.3 Å². The van der Waals surface area contributed by atoms with Crippen molar-refractivity contribution in [3.63, 3.8) is 0 Å². The van der Waals surface area contributed by atoms with E-state index in [1.807, 2.05) is 11.4 Å². The van der Waals surface area contributed by atoms with Crippen LogP contribution in [0.3, 0.4) is 0 Å². The molecule has 1 atom stereocenters. The highest BCUT2D eigenvalue weighted by atomic mass is 19.4. The number of amides is 2. The molecular formula is C13H12F5N3O. The molecular weight excluding hydrogens is 309 g/mol. The van der Waals surface area contributed by atoms with Gasteiger partial charge in [-0.25, -0.2) is 13.6 Å². The minimum Gasteiger partial charge on any atom is -0.319 e. The van der Waals surface area contributed by atoms with Gasteiger partial charge < -0.3 is 10.6 Å². The molecule has 9 heteroatoms. The summed E-state index contributed by atoms with van der Waals surface area (Å²) >= 11 is 0. The van der Waals surface area contributed by atoms with E-state index in [-0.39, 0.29) is 25.1 Å². The van der Waals surface area contributed by atoms with Gasteiger partial charge >= 0.3 is 12.2 Å². The van der Waals surface area contributed by atoms with Crippen molar-refractivity contribution >= 4 is 11.7 Å². The second-order valence-corrected chi connectivity index (χ2v) is 4.78. The highest BCUT2D eigenvalue weighted by molar-refractivity contribution is 5.90. The molecule has 0 aliphatic rings. The van der Waals surface area contributed by atoms with Crippen molar-refractivity contribution in [3.8, 4) is 6.07 Å². The summed E-state index contributed by atoms with van der Waals surface area (Å²) in [6.45, 7) is 0.272. The summed E-state index contributed by atoms with van der Waals surface area (Å²) in [5, 5.41) is 11.8. The van der Waals surface area contributed by atoms with Gasteiger partial charge in [-0.15, -0.1) is 0 Å². The van der Waals surface area contributed by atoms with Crippen LogP contribution in [0.25, 0.3) is 0 Å². The van der Waals surface area contributed by atoms with Crippen LogP contribution >= 0.6 is 0 Å². The smallest absolute Gasteiger partial charge is 0.319 e. The van der Waals surface area contributed by atoms with E-state index in [0.29, 0.717) is 0 Å². The van der Waals surface area contributed by atoms with Gasteiger partial charge in [0.15, 0.2) is 5.54 Å². The fourth-order valence-electron chi connectivity index (χ4n) is 1.45. The minimum absolute atomic E-state index is 0.0560. The number of nitriles is 1. The predicted molar refractivity (Wildman–Crippen MR) is 68.4 cm³/mol. The molecule has 0 heterocycles. The van der Waals surface area contributed by atoms with E-state index in [1.54, 1.807) is 0 Å². The zero-order valence-electron chi connectivity index (χ0n) is 11.6. The first-order valence-electron chi connectivity index (χ1n) is 5.94. The van der Waals surface area contributed by atoms with Crippen LogP contribution in [0.1, 0.15) is 19.4 Å². The number of halogens is 5. The Morgan fingerprint density at radius 2 is 1.59 bits per heavy atom. The third-order valence-electron chi connectivity index (χ3n) is 3.08. The maximum Gasteiger partial charge on any atom is 0.417 e. The Kier molecular flexibility index (Phi) is 4.65. The van der Waals surface area contributed by atoms with Crippen molar-refractivity contribution in [1.29, 1.82) is 5.26 Å². The molecule has 1 rings (SSSR count). The zero-order valence-corrected chi connectivity index (χ0v) is 11.6. The van der Waals surface area contributed by atoms with E-state index in [9.17, 15) is 26.7 Å². The van der Waals surface area contributed by atoms with Crippen molar-refractivity contribution < 1.29 is 26.7 Å². The molecule has 0 saturated carbocycles. The molecule has 0 aromatic heterocycles. The molecule has 22 heavy (non-hydrogen) atoms. The topological polar surface area (TPSA) is 64.9 Å². The number of hydrogen-bond acceptors (Lipinski definition) is 2. The first-order chi connectivity index (χ1) is 9.90. The van der Waals surface area contributed by atoms with Crippen molar-refractivity contribution in [2.45, 2.75) is 31.5 Å². The predicted octanol–water partition coefficient (Wildman–Crippen LogP) is 3.66. The number of carbonyl (C=O) groups excluding carboxylic acids is 1. The van der Waals surface area contributed by atoms with Gasteiger partial charge in [0, 0.05) is 12.6 Å². The van der Waals surface area contributed by atoms with Crippen LogP contribution in [-0.4, -0.2) is 23.7 Å². The number of hydrogen-bond donors (Lipinski definition) is 2. The monoisotopic (exact) mass is 321 g/mol. The molecule has 0 radical (unpaired) electrons. The maximum atomic E-state index is 13.3. The van der Waals surface area contributed by atoms with E-state index in [4.69, 9.17) is 5.26 Å². The molecule has 0 saturated heterocycles. The lowest BCUT2D eigenvalue weighted by molar-refractivity contribution is -0.249. The molecule has 0 fully saturated rings. The summed E-state index contributed by atoms with van der Waals surface area (Å²) in [4.78, 5) is 11.6. The fourth-order valence-corrected chi connectivity index (χ4v) is 1.45. The number of carbonyl (C=O) groups is 1. The van der Waals surface area contributed by atoms with Gasteiger partial charge in [0.1, 0.15) is 0 Å². The number of rotatable bonds is 3. The van der Waals surface area contributed by atoms with Gasteiger partial charge in [-0.3, -0.25) is 0 Å². The van der Waals surface area contributed by atoms with Gasteiger partial charge in [-0.1, -0.05) is 0 Å². The second-order valence-electron chi connectivity index (χ2n) is 4.78. The van der Waals surface area contributed by atoms with E-state index in [1.165, 1.54) is 29.6 Å². The molecule has 4 nitrogen and oxygen atoms in total. The number of benzene rings is 1. The average molecular weight is 321 g/mol. The third kappa shape index (κ3) is 3.63. The van der Waals surface area contributed by atoms with E-state index in [0.717, 1.165) is 0 Å². The number of alkyl halides is 5. The van der Waals surface area contributed by atoms with Crippen molar-refractivity contribution in [3.05, 3.63) is 29.8 Å². The SMILES string of the molecule is CC(F)(F)C(C)(NC(=O)Nc1ccc(C#N)cc1)C(F)(F)F. The van der Waals surface area contributed by atoms with Gasteiger partial charge in [-0.05, 0) is 31.2 Å². The Labute approximate surface area is 122 Å². The Morgan fingerprint density at radius 1 is 1.09 bits per heavy atom. The highest BCUT2D eigenvalue weighted by Crippen LogP contribution is 2.41. The van der Waals surface area contributed by atoms with Gasteiger partial charge in [0.25, 0.3) is 5.92 Å². The summed E-state index contributed by atoms with van der Waals surface area (Å²) in [5.41, 5.74) is -3.40. The molecule has 1 unspecified atom stereocenters. The summed E-state index contributed by atoms with van der Waals surface area (Å²) in [7, 11) is 0. The lowest BCUT2D eigenvalue weighted by Crippen LogP contribution is -2.66. The molecule has 120 valence electrons. The Bertz CT molecular complexity index is 570. The van der Waals surface area contributed by atoms with Crippen LogP contribution < -0.4 is 10.6 Å². The number of urea groups is 1. The Hall–Kier alpha value is -2.37. The van der Waals surface area contributed by atoms with Crippen molar-refractivity contribution in [2.75, 3.05) is 5.32 Å². The normalized spacial score (nSPS) is 14.6. The average Bonchev–Trinajstić information content (AvgIpc) is 2.36. The first-order valence-corrected chi connectivity index (χ1v) is 5.94. The Morgan fingerprint density at radius 3 is 1.95 bits per heavy atom. The molecule has 2 amide bonds. The molecule has 0 aliphatic carbocycles. The molecule has 1 aromatic carbocycles. The number of anilines is 1. The highest BCUT2D eigenvalue weighted by Gasteiger charge is 2.65. The lowest BCUT2D eigenvalue weighted by Gasteiger charge is -2.37. The summed E-state index contributed by atoms with van der Waals surface area (Å²) in [6.07, 6.45) is -5.35. The van der Waals surface area contributed by atoms with E-state index in [2.05, 4.69) is 0 Å². The number of nitrogens with zero attached hydrogens (tertiary/aromatic N) is 1. The molecule has 0 bridgehead atoms. The summed E-state index contributed by atoms with van der Waals surface area (Å²) in [5.74, 6) is -4.23. The van der Waals surface area contributed by atoms with Crippen LogP contribution in [0.4, 0.5) is 32.4 Å². The molecule has 1 aromatic rings. The summed E-state index contributed by atoms with van der Waals surface area (Å²) < 4.78 is 65.1. The molecule has 0 spiro atoms. The van der Waals surface area contributed by atoms with Gasteiger partial charge in [0.2, 0.25) is 0 Å². The third-order valence-corrected chi connectivity index (χ3v) is 3.08. The zero-order chi connectivity index (χ0) is 17.2. The van der Waals surface area contributed by atoms with Gasteiger partial charge in [-0.2, -0.15) is 18.4 Å². The van der Waals surface area contributed by atoms with Gasteiger partial charge in [0.05, 0.1) is 11.6 Å². The van der Waals surface area contributed by atoms with Crippen LogP contribution in [0.2, 0.25) is 0 Å². The lowest BCUT2D eigenvalue weighted by atomic mass is 9.94.